The SMILES string of the molecule is OC(CN1CCC2(CC1)CC(O)c1cc(Cl)ccc1O2)c1ccc2ccccc2c1. The van der Waals surface area contributed by atoms with E-state index >= 15 is 0 Å². The fourth-order valence-electron chi connectivity index (χ4n) is 4.82. The van der Waals surface area contributed by atoms with Crippen LogP contribution in [0.15, 0.2) is 60.7 Å². The highest BCUT2D eigenvalue weighted by molar-refractivity contribution is 6.30. The molecule has 0 bridgehead atoms. The van der Waals surface area contributed by atoms with Gasteiger partial charge >= 0.3 is 0 Å². The molecule has 0 aromatic heterocycles. The number of piperidine rings is 1. The van der Waals surface area contributed by atoms with Gasteiger partial charge in [-0.15, -0.1) is 0 Å². The highest BCUT2D eigenvalue weighted by Crippen LogP contribution is 2.45. The van der Waals surface area contributed by atoms with Crippen molar-refractivity contribution in [2.75, 3.05) is 19.6 Å². The number of nitrogens with zero attached hydrogens (tertiary/aromatic N) is 1. The summed E-state index contributed by atoms with van der Waals surface area (Å²) in [5, 5.41) is 24.4. The summed E-state index contributed by atoms with van der Waals surface area (Å²) >= 11 is 6.07. The molecule has 30 heavy (non-hydrogen) atoms. The first-order valence-corrected chi connectivity index (χ1v) is 10.9. The number of fused-ring (bicyclic) bond motifs is 2. The Hall–Kier alpha value is -2.11. The number of β-amino-alcohol motifs (C(OH)–C–C–N with tert-alkyl or cyclic N) is 1. The normalized spacial score (nSPS) is 21.9. The maximum Gasteiger partial charge on any atom is 0.126 e. The smallest absolute Gasteiger partial charge is 0.126 e. The molecule has 3 aromatic carbocycles. The van der Waals surface area contributed by atoms with Crippen LogP contribution in [0.4, 0.5) is 0 Å². The summed E-state index contributed by atoms with van der Waals surface area (Å²) in [5.74, 6) is 0.739. The van der Waals surface area contributed by atoms with Gasteiger partial charge in [-0.2, -0.15) is 0 Å². The number of rotatable bonds is 3. The van der Waals surface area contributed by atoms with Crippen LogP contribution < -0.4 is 4.74 Å². The van der Waals surface area contributed by atoms with Crippen molar-refractivity contribution in [1.82, 2.24) is 4.90 Å². The summed E-state index contributed by atoms with van der Waals surface area (Å²) in [6.07, 6.45) is 1.17. The van der Waals surface area contributed by atoms with E-state index in [1.807, 2.05) is 24.3 Å². The van der Waals surface area contributed by atoms with E-state index in [2.05, 4.69) is 29.2 Å². The van der Waals surface area contributed by atoms with Crippen molar-refractivity contribution in [3.05, 3.63) is 76.8 Å². The lowest BCUT2D eigenvalue weighted by Gasteiger charge is -2.46. The lowest BCUT2D eigenvalue weighted by atomic mass is 9.81. The van der Waals surface area contributed by atoms with Crippen LogP contribution in [0.3, 0.4) is 0 Å². The predicted molar refractivity (Wildman–Crippen MR) is 119 cm³/mol. The molecule has 1 fully saturated rings. The van der Waals surface area contributed by atoms with E-state index in [-0.39, 0.29) is 5.60 Å². The molecule has 1 spiro atoms. The zero-order valence-electron chi connectivity index (χ0n) is 16.8. The van der Waals surface area contributed by atoms with Crippen molar-refractivity contribution in [3.63, 3.8) is 0 Å². The minimum absolute atomic E-state index is 0.343. The Morgan fingerprint density at radius 3 is 2.60 bits per heavy atom. The molecule has 2 heterocycles. The minimum Gasteiger partial charge on any atom is -0.487 e. The molecule has 1 saturated heterocycles. The molecule has 4 nitrogen and oxygen atoms in total. The second-order valence-corrected chi connectivity index (χ2v) is 9.05. The molecule has 2 aliphatic heterocycles. The van der Waals surface area contributed by atoms with Crippen LogP contribution in [0.2, 0.25) is 5.02 Å². The standard InChI is InChI=1S/C25H26ClNO3/c26-20-7-8-24-21(14-20)22(28)15-25(30-24)9-11-27(12-10-25)16-23(29)19-6-5-17-3-1-2-4-18(17)13-19/h1-8,13-14,22-23,28-29H,9-12,15-16H2. The third kappa shape index (κ3) is 3.81. The van der Waals surface area contributed by atoms with Gasteiger partial charge in [0.1, 0.15) is 11.4 Å². The van der Waals surface area contributed by atoms with Gasteiger partial charge in [-0.05, 0) is 53.4 Å². The first kappa shape index (κ1) is 19.8. The predicted octanol–water partition coefficient (Wildman–Crippen LogP) is 4.88. The number of halogens is 1. The number of hydrogen-bond donors (Lipinski definition) is 2. The second-order valence-electron chi connectivity index (χ2n) is 8.61. The molecule has 5 rings (SSSR count). The molecule has 2 unspecified atom stereocenters. The monoisotopic (exact) mass is 423 g/mol. The van der Waals surface area contributed by atoms with Crippen LogP contribution in [-0.2, 0) is 0 Å². The molecule has 3 aromatic rings. The second kappa shape index (κ2) is 7.86. The maximum absolute atomic E-state index is 10.8. The topological polar surface area (TPSA) is 52.9 Å². The Morgan fingerprint density at radius 2 is 1.80 bits per heavy atom. The van der Waals surface area contributed by atoms with E-state index in [1.165, 1.54) is 5.39 Å². The quantitative estimate of drug-likeness (QED) is 0.630. The summed E-state index contributed by atoms with van der Waals surface area (Å²) in [7, 11) is 0. The average Bonchev–Trinajstić information content (AvgIpc) is 2.76. The van der Waals surface area contributed by atoms with E-state index in [0.717, 1.165) is 48.2 Å². The number of aliphatic hydroxyl groups is 2. The van der Waals surface area contributed by atoms with Gasteiger partial charge < -0.3 is 19.8 Å². The first-order chi connectivity index (χ1) is 14.5. The Kier molecular flexibility index (Phi) is 5.19. The maximum atomic E-state index is 10.8. The largest absolute Gasteiger partial charge is 0.487 e. The van der Waals surface area contributed by atoms with Gasteiger partial charge in [0, 0.05) is 36.6 Å². The first-order valence-electron chi connectivity index (χ1n) is 10.6. The number of ether oxygens (including phenoxy) is 1. The van der Waals surface area contributed by atoms with Gasteiger partial charge in [0.15, 0.2) is 0 Å². The van der Waals surface area contributed by atoms with Crippen molar-refractivity contribution in [1.29, 1.82) is 0 Å². The zero-order chi connectivity index (χ0) is 20.7. The summed E-state index contributed by atoms with van der Waals surface area (Å²) in [5.41, 5.74) is 1.39. The van der Waals surface area contributed by atoms with Crippen molar-refractivity contribution in [2.45, 2.75) is 37.1 Å². The van der Waals surface area contributed by atoms with Crippen molar-refractivity contribution in [3.8, 4) is 5.75 Å². The number of hydrogen-bond acceptors (Lipinski definition) is 4. The molecule has 0 radical (unpaired) electrons. The van der Waals surface area contributed by atoms with Gasteiger partial charge in [0.2, 0.25) is 0 Å². The van der Waals surface area contributed by atoms with E-state index in [4.69, 9.17) is 16.3 Å². The molecule has 0 saturated carbocycles. The summed E-state index contributed by atoms with van der Waals surface area (Å²) < 4.78 is 6.36. The zero-order valence-corrected chi connectivity index (χ0v) is 17.6. The fourth-order valence-corrected chi connectivity index (χ4v) is 5.00. The Labute approximate surface area is 181 Å². The fraction of sp³-hybridized carbons (Fsp3) is 0.360. The van der Waals surface area contributed by atoms with Crippen molar-refractivity contribution in [2.24, 2.45) is 0 Å². The molecule has 5 heteroatoms. The van der Waals surface area contributed by atoms with Crippen LogP contribution in [0.25, 0.3) is 10.8 Å². The van der Waals surface area contributed by atoms with Crippen LogP contribution in [0.5, 0.6) is 5.75 Å². The van der Waals surface area contributed by atoms with Gasteiger partial charge in [-0.25, -0.2) is 0 Å². The molecular weight excluding hydrogens is 398 g/mol. The summed E-state index contributed by atoms with van der Waals surface area (Å²) in [6.45, 7) is 2.27. The molecule has 2 aliphatic rings. The van der Waals surface area contributed by atoms with Gasteiger partial charge in [0.25, 0.3) is 0 Å². The Balaban J connectivity index is 1.24. The lowest BCUT2D eigenvalue weighted by molar-refractivity contribution is -0.0587. The van der Waals surface area contributed by atoms with E-state index in [1.54, 1.807) is 12.1 Å². The molecule has 2 atom stereocenters. The summed E-state index contributed by atoms with van der Waals surface area (Å²) in [4.78, 5) is 2.29. The van der Waals surface area contributed by atoms with Crippen LogP contribution in [0, 0.1) is 0 Å². The van der Waals surface area contributed by atoms with Gasteiger partial charge in [0.05, 0.1) is 12.2 Å². The Morgan fingerprint density at radius 1 is 1.03 bits per heavy atom. The van der Waals surface area contributed by atoms with E-state index in [0.29, 0.717) is 18.0 Å². The van der Waals surface area contributed by atoms with Gasteiger partial charge in [-0.3, -0.25) is 0 Å². The molecule has 2 N–H and O–H groups in total. The third-order valence-corrected chi connectivity index (χ3v) is 6.81. The number of benzene rings is 3. The van der Waals surface area contributed by atoms with Gasteiger partial charge in [-0.1, -0.05) is 48.0 Å². The summed E-state index contributed by atoms with van der Waals surface area (Å²) in [6, 6.07) is 19.8. The number of aliphatic hydroxyl groups excluding tert-OH is 2. The highest BCUT2D eigenvalue weighted by Gasteiger charge is 2.43. The van der Waals surface area contributed by atoms with Crippen LogP contribution in [0.1, 0.15) is 42.6 Å². The van der Waals surface area contributed by atoms with Crippen molar-refractivity contribution >= 4 is 22.4 Å². The lowest BCUT2D eigenvalue weighted by Crippen LogP contribution is -2.51. The minimum atomic E-state index is -0.554. The molecular formula is C25H26ClNO3. The van der Waals surface area contributed by atoms with Crippen LogP contribution >= 0.6 is 11.6 Å². The third-order valence-electron chi connectivity index (χ3n) is 6.58. The number of likely N-dealkylation sites (tertiary alicyclic amines) is 1. The van der Waals surface area contributed by atoms with Crippen LogP contribution in [-0.4, -0.2) is 40.3 Å². The van der Waals surface area contributed by atoms with E-state index < -0.39 is 12.2 Å². The molecule has 156 valence electrons. The molecule has 0 amide bonds. The Bertz CT molecular complexity index is 1060. The molecule has 0 aliphatic carbocycles. The highest BCUT2D eigenvalue weighted by atomic mass is 35.5. The average molecular weight is 424 g/mol. The van der Waals surface area contributed by atoms with E-state index in [9.17, 15) is 10.2 Å². The van der Waals surface area contributed by atoms with Crippen molar-refractivity contribution < 1.29 is 14.9 Å².